The van der Waals surface area contributed by atoms with Crippen LogP contribution in [0.1, 0.15) is 49.9 Å². The molecule has 0 unspecified atom stereocenters. The molecule has 1 heterocycles. The summed E-state index contributed by atoms with van der Waals surface area (Å²) in [5.41, 5.74) is 21.5. The van der Waals surface area contributed by atoms with Gasteiger partial charge in [0.25, 0.3) is 0 Å². The molecule has 2 aliphatic rings. The highest BCUT2D eigenvalue weighted by Crippen LogP contribution is 2.53. The van der Waals surface area contributed by atoms with Crippen LogP contribution >= 0.6 is 11.3 Å². The van der Waals surface area contributed by atoms with E-state index in [-0.39, 0.29) is 10.8 Å². The summed E-state index contributed by atoms with van der Waals surface area (Å²) in [6, 6.07) is 74.7. The van der Waals surface area contributed by atoms with E-state index >= 15 is 0 Å². The van der Waals surface area contributed by atoms with Gasteiger partial charge in [0.05, 0.1) is 5.69 Å². The molecule has 9 aromatic carbocycles. The van der Waals surface area contributed by atoms with Crippen LogP contribution < -0.4 is 4.90 Å². The predicted octanol–water partition coefficient (Wildman–Crippen LogP) is 17.1. The molecule has 10 aromatic rings. The highest BCUT2D eigenvalue weighted by molar-refractivity contribution is 7.25. The number of para-hydroxylation sites is 1. The monoisotopic (exact) mass is 811 g/mol. The Morgan fingerprint density at radius 3 is 1.60 bits per heavy atom. The van der Waals surface area contributed by atoms with Crippen molar-refractivity contribution in [3.63, 3.8) is 0 Å². The second-order valence-electron chi connectivity index (χ2n) is 18.1. The lowest BCUT2D eigenvalue weighted by molar-refractivity contribution is 0.660. The van der Waals surface area contributed by atoms with E-state index in [9.17, 15) is 0 Å². The van der Waals surface area contributed by atoms with Gasteiger partial charge in [0.2, 0.25) is 0 Å². The molecule has 0 saturated heterocycles. The van der Waals surface area contributed by atoms with Crippen LogP contribution in [0.2, 0.25) is 0 Å². The largest absolute Gasteiger partial charge is 0.310 e. The number of benzene rings is 9. The average Bonchev–Trinajstić information content (AvgIpc) is 3.90. The first-order valence-electron chi connectivity index (χ1n) is 21.8. The number of hydrogen-bond donors (Lipinski definition) is 0. The summed E-state index contributed by atoms with van der Waals surface area (Å²) >= 11 is 1.87. The lowest BCUT2D eigenvalue weighted by Crippen LogP contribution is -2.16. The third-order valence-corrected chi connectivity index (χ3v) is 15.0. The minimum atomic E-state index is -0.0979. The number of nitrogens with zero attached hydrogens (tertiary/aromatic N) is 1. The van der Waals surface area contributed by atoms with Crippen LogP contribution in [0.25, 0.3) is 75.8 Å². The molecular formula is C60H45NS. The maximum Gasteiger partial charge on any atom is 0.0540 e. The Morgan fingerprint density at radius 1 is 0.355 bits per heavy atom. The first kappa shape index (κ1) is 36.8. The fourth-order valence-electron chi connectivity index (χ4n) is 10.9. The number of rotatable bonds is 6. The van der Waals surface area contributed by atoms with Gasteiger partial charge < -0.3 is 4.90 Å². The second-order valence-corrected chi connectivity index (χ2v) is 19.1. The van der Waals surface area contributed by atoms with Gasteiger partial charge in [-0.1, -0.05) is 179 Å². The molecule has 0 radical (unpaired) electrons. The third kappa shape index (κ3) is 5.46. The Morgan fingerprint density at radius 2 is 0.855 bits per heavy atom. The first-order chi connectivity index (χ1) is 30.3. The molecule has 1 nitrogen and oxygen atoms in total. The average molecular weight is 812 g/mol. The summed E-state index contributed by atoms with van der Waals surface area (Å²) < 4.78 is 2.64. The molecule has 0 spiro atoms. The van der Waals surface area contributed by atoms with Crippen molar-refractivity contribution in [3.05, 3.63) is 222 Å². The van der Waals surface area contributed by atoms with Gasteiger partial charge in [-0.05, 0) is 121 Å². The lowest BCUT2D eigenvalue weighted by Gasteiger charge is -2.29. The maximum atomic E-state index is 2.45. The minimum absolute atomic E-state index is 0.0909. The zero-order valence-corrected chi connectivity index (χ0v) is 36.2. The van der Waals surface area contributed by atoms with Crippen molar-refractivity contribution in [2.24, 2.45) is 0 Å². The van der Waals surface area contributed by atoms with Crippen LogP contribution in [0.3, 0.4) is 0 Å². The molecule has 0 aliphatic heterocycles. The van der Waals surface area contributed by atoms with Crippen molar-refractivity contribution in [2.45, 2.75) is 38.5 Å². The lowest BCUT2D eigenvalue weighted by atomic mass is 9.79. The van der Waals surface area contributed by atoms with E-state index in [0.717, 1.165) is 17.1 Å². The van der Waals surface area contributed by atoms with E-state index in [1.54, 1.807) is 0 Å². The van der Waals surface area contributed by atoms with E-state index in [2.05, 4.69) is 233 Å². The van der Waals surface area contributed by atoms with Gasteiger partial charge in [-0.2, -0.15) is 0 Å². The van der Waals surface area contributed by atoms with Gasteiger partial charge in [0.1, 0.15) is 0 Å². The summed E-state index contributed by atoms with van der Waals surface area (Å²) in [7, 11) is 0. The highest BCUT2D eigenvalue weighted by Gasteiger charge is 2.38. The maximum absolute atomic E-state index is 2.45. The normalized spacial score (nSPS) is 14.1. The van der Waals surface area contributed by atoms with Gasteiger partial charge in [-0.3, -0.25) is 0 Å². The van der Waals surface area contributed by atoms with E-state index in [4.69, 9.17) is 0 Å². The van der Waals surface area contributed by atoms with E-state index in [0.29, 0.717) is 0 Å². The van der Waals surface area contributed by atoms with Gasteiger partial charge in [-0.15, -0.1) is 11.3 Å². The number of hydrogen-bond acceptors (Lipinski definition) is 2. The van der Waals surface area contributed by atoms with Crippen molar-refractivity contribution >= 4 is 48.6 Å². The topological polar surface area (TPSA) is 3.24 Å². The zero-order chi connectivity index (χ0) is 41.7. The molecule has 62 heavy (non-hydrogen) atoms. The summed E-state index contributed by atoms with van der Waals surface area (Å²) in [4.78, 5) is 2.45. The molecule has 12 rings (SSSR count). The fourth-order valence-corrected chi connectivity index (χ4v) is 12.0. The molecule has 0 saturated carbocycles. The quantitative estimate of drug-likeness (QED) is 0.162. The molecule has 1 aromatic heterocycles. The number of fused-ring (bicyclic) bond motifs is 9. The van der Waals surface area contributed by atoms with E-state index < -0.39 is 0 Å². The van der Waals surface area contributed by atoms with E-state index in [1.807, 2.05) is 11.3 Å². The summed E-state index contributed by atoms with van der Waals surface area (Å²) in [6.45, 7) is 9.48. The summed E-state index contributed by atoms with van der Waals surface area (Å²) in [6.07, 6.45) is 0. The van der Waals surface area contributed by atoms with Crippen LogP contribution in [-0.2, 0) is 10.8 Å². The molecule has 0 atom stereocenters. The van der Waals surface area contributed by atoms with Gasteiger partial charge >= 0.3 is 0 Å². The van der Waals surface area contributed by atoms with Crippen LogP contribution in [-0.4, -0.2) is 0 Å². The van der Waals surface area contributed by atoms with Crippen molar-refractivity contribution in [2.75, 3.05) is 4.90 Å². The van der Waals surface area contributed by atoms with Gasteiger partial charge in [-0.25, -0.2) is 0 Å². The molecule has 0 N–H and O–H groups in total. The predicted molar refractivity (Wildman–Crippen MR) is 265 cm³/mol. The smallest absolute Gasteiger partial charge is 0.0540 e. The van der Waals surface area contributed by atoms with Crippen molar-refractivity contribution in [3.8, 4) is 55.6 Å². The Bertz CT molecular complexity index is 3400. The van der Waals surface area contributed by atoms with Crippen LogP contribution in [0, 0.1) is 0 Å². The standard InChI is InChI=1S/C60H45NS/c1-59(2)51-22-9-5-16-46(51)48-36-31-40(37-53(48)59)43-15-7-11-24-54(43)61(41-32-27-38(28-33-41)44-19-14-26-56-57(44)50-18-8-12-25-55(50)62-56)42-34-29-39(30-35-42)45-20-13-21-49-47-17-6-10-23-52(47)60(3,4)58(45)49/h5-37H,1-4H3. The summed E-state index contributed by atoms with van der Waals surface area (Å²) in [5, 5.41) is 2.65. The zero-order valence-electron chi connectivity index (χ0n) is 35.4. The van der Waals surface area contributed by atoms with Crippen LogP contribution in [0.15, 0.2) is 200 Å². The first-order valence-corrected chi connectivity index (χ1v) is 22.6. The summed E-state index contributed by atoms with van der Waals surface area (Å²) in [5.74, 6) is 0. The Labute approximate surface area is 368 Å². The minimum Gasteiger partial charge on any atom is -0.310 e. The number of thiophene rings is 1. The Balaban J connectivity index is 0.999. The van der Waals surface area contributed by atoms with Crippen molar-refractivity contribution in [1.29, 1.82) is 0 Å². The van der Waals surface area contributed by atoms with E-state index in [1.165, 1.54) is 98.1 Å². The van der Waals surface area contributed by atoms with Crippen molar-refractivity contribution < 1.29 is 0 Å². The van der Waals surface area contributed by atoms with Gasteiger partial charge in [0.15, 0.2) is 0 Å². The SMILES string of the molecule is CC1(C)c2ccccc2-c2ccc(-c3ccccc3N(c3ccc(-c4cccc5c4C(C)(C)c4ccccc4-5)cc3)c3ccc(-c4cccc5sc6ccccc6c45)cc3)cc21. The van der Waals surface area contributed by atoms with Crippen molar-refractivity contribution in [1.82, 2.24) is 0 Å². The molecular weight excluding hydrogens is 767 g/mol. The van der Waals surface area contributed by atoms with Crippen LogP contribution in [0.5, 0.6) is 0 Å². The number of anilines is 3. The third-order valence-electron chi connectivity index (χ3n) is 13.9. The molecule has 0 bridgehead atoms. The highest BCUT2D eigenvalue weighted by atomic mass is 32.1. The Kier molecular flexibility index (Phi) is 8.17. The Hall–Kier alpha value is -7.00. The molecule has 296 valence electrons. The molecule has 2 aliphatic carbocycles. The second kappa shape index (κ2) is 13.8. The molecule has 2 heteroatoms. The van der Waals surface area contributed by atoms with Gasteiger partial charge in [0, 0.05) is 47.9 Å². The fraction of sp³-hybridized carbons (Fsp3) is 0.100. The molecule has 0 fully saturated rings. The molecule has 0 amide bonds. The van der Waals surface area contributed by atoms with Crippen LogP contribution in [0.4, 0.5) is 17.1 Å².